The fourth-order valence-corrected chi connectivity index (χ4v) is 2.15. The highest BCUT2D eigenvalue weighted by atomic mass is 16.5. The summed E-state index contributed by atoms with van der Waals surface area (Å²) in [5, 5.41) is 12.7. The van der Waals surface area contributed by atoms with Gasteiger partial charge in [-0.1, -0.05) is 13.8 Å². The molecular formula is C14H27NO4. The first-order valence-electron chi connectivity index (χ1n) is 7.31. The monoisotopic (exact) mass is 273 g/mol. The van der Waals surface area contributed by atoms with Crippen molar-refractivity contribution in [1.82, 2.24) is 5.32 Å². The molecule has 112 valence electrons. The van der Waals surface area contributed by atoms with E-state index in [0.29, 0.717) is 19.8 Å². The zero-order valence-electron chi connectivity index (χ0n) is 12.1. The topological polar surface area (TPSA) is 67.8 Å². The number of aliphatic carboxylic acids is 1. The van der Waals surface area contributed by atoms with Crippen LogP contribution in [-0.4, -0.2) is 49.6 Å². The smallest absolute Gasteiger partial charge is 0.326 e. The third kappa shape index (κ3) is 5.09. The summed E-state index contributed by atoms with van der Waals surface area (Å²) >= 11 is 0. The molecule has 1 unspecified atom stereocenters. The van der Waals surface area contributed by atoms with Crippen LogP contribution in [0.3, 0.4) is 0 Å². The Hall–Kier alpha value is -0.650. The Kier molecular flexibility index (Phi) is 7.34. The summed E-state index contributed by atoms with van der Waals surface area (Å²) in [6, 6.07) is 0. The van der Waals surface area contributed by atoms with Crippen LogP contribution in [0.15, 0.2) is 0 Å². The molecule has 0 aliphatic heterocycles. The van der Waals surface area contributed by atoms with E-state index in [1.165, 1.54) is 0 Å². The molecule has 2 N–H and O–H groups in total. The maximum atomic E-state index is 11.6. The Bertz CT molecular complexity index is 268. The molecule has 1 atom stereocenters. The van der Waals surface area contributed by atoms with Crippen LogP contribution in [0.4, 0.5) is 0 Å². The highest BCUT2D eigenvalue weighted by Crippen LogP contribution is 2.40. The van der Waals surface area contributed by atoms with E-state index in [0.717, 1.165) is 32.3 Å². The molecule has 19 heavy (non-hydrogen) atoms. The number of nitrogens with one attached hydrogen (secondary N) is 1. The number of carboxylic acids is 1. The first kappa shape index (κ1) is 16.4. The zero-order chi connectivity index (χ0) is 14.1. The number of rotatable bonds is 12. The van der Waals surface area contributed by atoms with Gasteiger partial charge in [0.25, 0.3) is 0 Å². The van der Waals surface area contributed by atoms with E-state index in [1.54, 1.807) is 0 Å². The fraction of sp³-hybridized carbons (Fsp3) is 0.929. The minimum absolute atomic E-state index is 0.202. The predicted molar refractivity (Wildman–Crippen MR) is 73.3 cm³/mol. The van der Waals surface area contributed by atoms with Crippen LogP contribution in [-0.2, 0) is 14.3 Å². The van der Waals surface area contributed by atoms with Gasteiger partial charge in [0.1, 0.15) is 5.54 Å². The van der Waals surface area contributed by atoms with Gasteiger partial charge in [-0.25, -0.2) is 0 Å². The van der Waals surface area contributed by atoms with Crippen molar-refractivity contribution in [2.24, 2.45) is 5.92 Å². The van der Waals surface area contributed by atoms with Gasteiger partial charge in [-0.3, -0.25) is 10.1 Å². The second kappa shape index (κ2) is 8.51. The SMILES string of the molecule is CCCNC(COCCOCCC)(C(=O)O)C1CC1. The lowest BCUT2D eigenvalue weighted by atomic mass is 9.94. The van der Waals surface area contributed by atoms with Crippen LogP contribution in [0.5, 0.6) is 0 Å². The third-order valence-corrected chi connectivity index (χ3v) is 3.40. The molecule has 5 nitrogen and oxygen atoms in total. The quantitative estimate of drug-likeness (QED) is 0.529. The average Bonchev–Trinajstić information content (AvgIpc) is 3.21. The lowest BCUT2D eigenvalue weighted by Crippen LogP contribution is -2.57. The number of hydrogen-bond donors (Lipinski definition) is 2. The van der Waals surface area contributed by atoms with Gasteiger partial charge in [-0.15, -0.1) is 0 Å². The van der Waals surface area contributed by atoms with Gasteiger partial charge in [-0.2, -0.15) is 0 Å². The van der Waals surface area contributed by atoms with Crippen molar-refractivity contribution < 1.29 is 19.4 Å². The van der Waals surface area contributed by atoms with Crippen molar-refractivity contribution >= 4 is 5.97 Å². The van der Waals surface area contributed by atoms with Gasteiger partial charge in [0.05, 0.1) is 19.8 Å². The molecule has 0 radical (unpaired) electrons. The van der Waals surface area contributed by atoms with Crippen LogP contribution in [0, 0.1) is 5.92 Å². The summed E-state index contributed by atoms with van der Waals surface area (Å²) in [6.45, 7) is 6.73. The van der Waals surface area contributed by atoms with Crippen molar-refractivity contribution in [1.29, 1.82) is 0 Å². The molecule has 1 aliphatic carbocycles. The highest BCUT2D eigenvalue weighted by Gasteiger charge is 2.51. The standard InChI is InChI=1S/C14H27NO4/c1-3-7-15-14(13(16)17,12-5-6-12)11-19-10-9-18-8-4-2/h12,15H,3-11H2,1-2H3,(H,16,17). The lowest BCUT2D eigenvalue weighted by Gasteiger charge is -2.30. The maximum absolute atomic E-state index is 11.6. The van der Waals surface area contributed by atoms with E-state index in [9.17, 15) is 9.90 Å². The maximum Gasteiger partial charge on any atom is 0.326 e. The Labute approximate surface area is 115 Å². The summed E-state index contributed by atoms with van der Waals surface area (Å²) in [4.78, 5) is 11.6. The summed E-state index contributed by atoms with van der Waals surface area (Å²) in [5.74, 6) is -0.592. The van der Waals surface area contributed by atoms with Crippen LogP contribution in [0.1, 0.15) is 39.5 Å². The molecular weight excluding hydrogens is 246 g/mol. The van der Waals surface area contributed by atoms with Crippen molar-refractivity contribution in [2.45, 2.75) is 45.1 Å². The lowest BCUT2D eigenvalue weighted by molar-refractivity contribution is -0.149. The molecule has 0 aromatic carbocycles. The number of hydrogen-bond acceptors (Lipinski definition) is 4. The van der Waals surface area contributed by atoms with Gasteiger partial charge < -0.3 is 14.6 Å². The summed E-state index contributed by atoms with van der Waals surface area (Å²) in [6.07, 6.45) is 3.85. The van der Waals surface area contributed by atoms with Crippen molar-refractivity contribution in [3.05, 3.63) is 0 Å². The van der Waals surface area contributed by atoms with Gasteiger partial charge in [0, 0.05) is 6.61 Å². The van der Waals surface area contributed by atoms with E-state index in [-0.39, 0.29) is 12.5 Å². The van der Waals surface area contributed by atoms with Crippen molar-refractivity contribution in [3.63, 3.8) is 0 Å². The first-order valence-corrected chi connectivity index (χ1v) is 7.31. The Morgan fingerprint density at radius 2 is 1.89 bits per heavy atom. The molecule has 1 saturated carbocycles. The molecule has 0 aromatic heterocycles. The first-order chi connectivity index (χ1) is 9.17. The minimum Gasteiger partial charge on any atom is -0.480 e. The van der Waals surface area contributed by atoms with Gasteiger partial charge >= 0.3 is 5.97 Å². The van der Waals surface area contributed by atoms with E-state index < -0.39 is 11.5 Å². The predicted octanol–water partition coefficient (Wildman–Crippen LogP) is 1.66. The minimum atomic E-state index is -0.902. The number of carbonyl (C=O) groups is 1. The van der Waals surface area contributed by atoms with Crippen LogP contribution < -0.4 is 5.32 Å². The summed E-state index contributed by atoms with van der Waals surface area (Å²) < 4.78 is 10.9. The molecule has 1 rings (SSSR count). The molecule has 1 fully saturated rings. The fourth-order valence-electron chi connectivity index (χ4n) is 2.15. The normalized spacial score (nSPS) is 18.2. The Balaban J connectivity index is 2.38. The molecule has 0 spiro atoms. The van der Waals surface area contributed by atoms with E-state index in [2.05, 4.69) is 12.2 Å². The van der Waals surface area contributed by atoms with Gasteiger partial charge in [0.2, 0.25) is 0 Å². The largest absolute Gasteiger partial charge is 0.480 e. The van der Waals surface area contributed by atoms with Crippen LogP contribution in [0.2, 0.25) is 0 Å². The Morgan fingerprint density at radius 3 is 2.42 bits per heavy atom. The molecule has 0 saturated heterocycles. The Morgan fingerprint density at radius 1 is 1.21 bits per heavy atom. The van der Waals surface area contributed by atoms with Crippen LogP contribution >= 0.6 is 0 Å². The van der Waals surface area contributed by atoms with E-state index in [1.807, 2.05) is 6.92 Å². The zero-order valence-corrected chi connectivity index (χ0v) is 12.1. The average molecular weight is 273 g/mol. The van der Waals surface area contributed by atoms with E-state index >= 15 is 0 Å². The highest BCUT2D eigenvalue weighted by molar-refractivity contribution is 5.80. The third-order valence-electron chi connectivity index (χ3n) is 3.40. The molecule has 1 aliphatic rings. The summed E-state index contributed by atoms with van der Waals surface area (Å²) in [5.41, 5.74) is -0.902. The van der Waals surface area contributed by atoms with Crippen molar-refractivity contribution in [3.8, 4) is 0 Å². The van der Waals surface area contributed by atoms with Gasteiger partial charge in [-0.05, 0) is 38.1 Å². The molecule has 0 bridgehead atoms. The number of carboxylic acid groups (broad SMARTS) is 1. The second-order valence-electron chi connectivity index (χ2n) is 5.14. The second-order valence-corrected chi connectivity index (χ2v) is 5.14. The van der Waals surface area contributed by atoms with Crippen LogP contribution in [0.25, 0.3) is 0 Å². The van der Waals surface area contributed by atoms with E-state index in [4.69, 9.17) is 9.47 Å². The van der Waals surface area contributed by atoms with Gasteiger partial charge in [0.15, 0.2) is 0 Å². The number of ether oxygens (including phenoxy) is 2. The molecule has 0 amide bonds. The van der Waals surface area contributed by atoms with Crippen molar-refractivity contribution in [2.75, 3.05) is 33.0 Å². The summed E-state index contributed by atoms with van der Waals surface area (Å²) in [7, 11) is 0. The molecule has 0 heterocycles. The molecule has 0 aromatic rings. The molecule has 5 heteroatoms.